The molecule has 1 atom stereocenters. The molecule has 0 saturated heterocycles. The number of carbonyl (C=O) groups is 1. The van der Waals surface area contributed by atoms with Crippen molar-refractivity contribution < 1.29 is 14.3 Å². The molecule has 0 radical (unpaired) electrons. The molecule has 0 bridgehead atoms. The van der Waals surface area contributed by atoms with Crippen molar-refractivity contribution in [2.24, 2.45) is 0 Å². The molecule has 1 heterocycles. The molecule has 17 heavy (non-hydrogen) atoms. The summed E-state index contributed by atoms with van der Waals surface area (Å²) in [6.07, 6.45) is 2.10. The Balaban J connectivity index is 2.45. The summed E-state index contributed by atoms with van der Waals surface area (Å²) in [6, 6.07) is 0. The molecule has 1 aromatic rings. The molecule has 0 aromatic carbocycles. The van der Waals surface area contributed by atoms with Crippen molar-refractivity contribution in [2.45, 2.75) is 38.0 Å². The summed E-state index contributed by atoms with van der Waals surface area (Å²) < 4.78 is 5.18. The van der Waals surface area contributed by atoms with Gasteiger partial charge >= 0.3 is 5.97 Å². The van der Waals surface area contributed by atoms with Crippen molar-refractivity contribution in [1.82, 2.24) is 10.3 Å². The maximum atomic E-state index is 11.1. The number of likely N-dealkylation sites (N-methyl/N-ethyl adjacent to an activating group) is 1. The number of hydrogen-bond acceptors (Lipinski definition) is 5. The number of aromatic nitrogens is 1. The first kappa shape index (κ1) is 14.1. The Labute approximate surface area is 105 Å². The molecule has 5 nitrogen and oxygen atoms in total. The van der Waals surface area contributed by atoms with Gasteiger partial charge in [-0.25, -0.2) is 4.98 Å². The molecule has 0 aliphatic carbocycles. The fourth-order valence-electron chi connectivity index (χ4n) is 1.40. The Hall–Kier alpha value is -1.01. The van der Waals surface area contributed by atoms with E-state index >= 15 is 0 Å². The Morgan fingerprint density at radius 3 is 2.88 bits per heavy atom. The Bertz CT molecular complexity index is 381. The number of rotatable bonds is 7. The van der Waals surface area contributed by atoms with Crippen LogP contribution in [0.1, 0.15) is 26.0 Å². The standard InChI is InChI=1S/C11H18N2O3S/c1-4-12-11(3,9(14)15)5-6-17-10-13-8(2)7-16-10/h7,12H,4-6H2,1-3H3,(H,14,15). The topological polar surface area (TPSA) is 75.4 Å². The molecule has 0 aliphatic heterocycles. The van der Waals surface area contributed by atoms with E-state index in [1.165, 1.54) is 11.8 Å². The quantitative estimate of drug-likeness (QED) is 0.728. The number of carboxylic acids is 1. The van der Waals surface area contributed by atoms with Crippen molar-refractivity contribution in [1.29, 1.82) is 0 Å². The molecule has 2 N–H and O–H groups in total. The summed E-state index contributed by atoms with van der Waals surface area (Å²) in [4.78, 5) is 15.3. The zero-order chi connectivity index (χ0) is 12.9. The molecular formula is C11H18N2O3S. The van der Waals surface area contributed by atoms with E-state index in [4.69, 9.17) is 9.52 Å². The third kappa shape index (κ3) is 4.05. The fraction of sp³-hybridized carbons (Fsp3) is 0.636. The second-order valence-corrected chi connectivity index (χ2v) is 5.07. The van der Waals surface area contributed by atoms with Gasteiger partial charge in [-0.15, -0.1) is 0 Å². The van der Waals surface area contributed by atoms with Crippen LogP contribution in [0.3, 0.4) is 0 Å². The van der Waals surface area contributed by atoms with E-state index in [2.05, 4.69) is 10.3 Å². The van der Waals surface area contributed by atoms with E-state index in [9.17, 15) is 4.79 Å². The summed E-state index contributed by atoms with van der Waals surface area (Å²) in [5.74, 6) is -0.181. The van der Waals surface area contributed by atoms with Crippen LogP contribution in [0.25, 0.3) is 0 Å². The van der Waals surface area contributed by atoms with Crippen molar-refractivity contribution in [3.8, 4) is 0 Å². The average molecular weight is 258 g/mol. The molecule has 0 aliphatic rings. The molecule has 96 valence electrons. The summed E-state index contributed by atoms with van der Waals surface area (Å²) >= 11 is 1.43. The van der Waals surface area contributed by atoms with Gasteiger partial charge in [-0.05, 0) is 26.8 Å². The van der Waals surface area contributed by atoms with Gasteiger partial charge in [0, 0.05) is 5.75 Å². The van der Waals surface area contributed by atoms with E-state index < -0.39 is 11.5 Å². The fourth-order valence-corrected chi connectivity index (χ4v) is 2.41. The number of thioether (sulfide) groups is 1. The highest BCUT2D eigenvalue weighted by molar-refractivity contribution is 7.99. The van der Waals surface area contributed by atoms with Gasteiger partial charge in [-0.2, -0.15) is 0 Å². The SMILES string of the molecule is CCNC(C)(CCSc1nc(C)co1)C(=O)O. The third-order valence-corrected chi connectivity index (χ3v) is 3.31. The van der Waals surface area contributed by atoms with E-state index in [1.807, 2.05) is 13.8 Å². The van der Waals surface area contributed by atoms with Crippen LogP contribution in [0, 0.1) is 6.92 Å². The van der Waals surface area contributed by atoms with E-state index in [0.717, 1.165) is 5.69 Å². The monoisotopic (exact) mass is 258 g/mol. The highest BCUT2D eigenvalue weighted by Crippen LogP contribution is 2.21. The van der Waals surface area contributed by atoms with Gasteiger partial charge < -0.3 is 14.8 Å². The summed E-state index contributed by atoms with van der Waals surface area (Å²) in [6.45, 7) is 6.07. The van der Waals surface area contributed by atoms with Crippen LogP contribution < -0.4 is 5.32 Å². The predicted molar refractivity (Wildman–Crippen MR) is 66.3 cm³/mol. The minimum Gasteiger partial charge on any atom is -0.480 e. The van der Waals surface area contributed by atoms with Gasteiger partial charge in [0.15, 0.2) is 0 Å². The van der Waals surface area contributed by atoms with Crippen LogP contribution >= 0.6 is 11.8 Å². The van der Waals surface area contributed by atoms with Gasteiger partial charge in [-0.1, -0.05) is 18.7 Å². The summed E-state index contributed by atoms with van der Waals surface area (Å²) in [5, 5.41) is 12.7. The minimum absolute atomic E-state index is 0.516. The molecule has 0 saturated carbocycles. The Kier molecular flexibility index (Phi) is 5.02. The Morgan fingerprint density at radius 1 is 1.71 bits per heavy atom. The van der Waals surface area contributed by atoms with Crippen LogP contribution in [0.15, 0.2) is 15.9 Å². The second-order valence-electron chi connectivity index (χ2n) is 4.02. The molecule has 0 spiro atoms. The molecule has 1 aromatic heterocycles. The largest absolute Gasteiger partial charge is 0.480 e. The lowest BCUT2D eigenvalue weighted by Gasteiger charge is -2.25. The number of oxazole rings is 1. The minimum atomic E-state index is -0.886. The highest BCUT2D eigenvalue weighted by Gasteiger charge is 2.31. The number of nitrogens with one attached hydrogen (secondary N) is 1. The molecule has 0 amide bonds. The second kappa shape index (κ2) is 6.07. The van der Waals surface area contributed by atoms with Crippen LogP contribution in [0.4, 0.5) is 0 Å². The van der Waals surface area contributed by atoms with Crippen LogP contribution in [-0.2, 0) is 4.79 Å². The van der Waals surface area contributed by atoms with Gasteiger partial charge in [0.1, 0.15) is 11.8 Å². The molecule has 1 unspecified atom stereocenters. The van der Waals surface area contributed by atoms with E-state index in [1.54, 1.807) is 13.2 Å². The van der Waals surface area contributed by atoms with Gasteiger partial charge in [0.2, 0.25) is 0 Å². The lowest BCUT2D eigenvalue weighted by atomic mass is 9.99. The number of nitrogens with zero attached hydrogens (tertiary/aromatic N) is 1. The van der Waals surface area contributed by atoms with Gasteiger partial charge in [0.25, 0.3) is 5.22 Å². The van der Waals surface area contributed by atoms with Crippen LogP contribution in [-0.4, -0.2) is 33.9 Å². The van der Waals surface area contributed by atoms with E-state index in [0.29, 0.717) is 23.9 Å². The first-order chi connectivity index (χ1) is 7.98. The van der Waals surface area contributed by atoms with Gasteiger partial charge in [-0.3, -0.25) is 4.79 Å². The van der Waals surface area contributed by atoms with Crippen molar-refractivity contribution in [3.63, 3.8) is 0 Å². The van der Waals surface area contributed by atoms with Gasteiger partial charge in [0.05, 0.1) is 5.69 Å². The maximum Gasteiger partial charge on any atom is 0.323 e. The Morgan fingerprint density at radius 2 is 2.41 bits per heavy atom. The first-order valence-corrected chi connectivity index (χ1v) is 6.50. The predicted octanol–water partition coefficient (Wildman–Crippen LogP) is 1.92. The average Bonchev–Trinajstić information content (AvgIpc) is 2.64. The maximum absolute atomic E-state index is 11.1. The zero-order valence-corrected chi connectivity index (χ0v) is 11.1. The normalized spacial score (nSPS) is 14.5. The van der Waals surface area contributed by atoms with Crippen LogP contribution in [0.2, 0.25) is 0 Å². The first-order valence-electron chi connectivity index (χ1n) is 5.51. The molecular weight excluding hydrogens is 240 g/mol. The lowest BCUT2D eigenvalue weighted by molar-refractivity contribution is -0.144. The number of aliphatic carboxylic acids is 1. The smallest absolute Gasteiger partial charge is 0.323 e. The number of carboxylic acid groups (broad SMARTS) is 1. The van der Waals surface area contributed by atoms with Crippen molar-refractivity contribution in [2.75, 3.05) is 12.3 Å². The van der Waals surface area contributed by atoms with Crippen LogP contribution in [0.5, 0.6) is 0 Å². The number of aryl methyl sites for hydroxylation is 1. The van der Waals surface area contributed by atoms with Crippen molar-refractivity contribution in [3.05, 3.63) is 12.0 Å². The summed E-state index contributed by atoms with van der Waals surface area (Å²) in [5.41, 5.74) is -0.0520. The lowest BCUT2D eigenvalue weighted by Crippen LogP contribution is -2.49. The molecule has 1 rings (SSSR count). The third-order valence-electron chi connectivity index (χ3n) is 2.46. The molecule has 0 fully saturated rings. The highest BCUT2D eigenvalue weighted by atomic mass is 32.2. The van der Waals surface area contributed by atoms with Crippen molar-refractivity contribution >= 4 is 17.7 Å². The summed E-state index contributed by atoms with van der Waals surface area (Å²) in [7, 11) is 0. The molecule has 6 heteroatoms. The van der Waals surface area contributed by atoms with E-state index in [-0.39, 0.29) is 0 Å². The number of hydrogen-bond donors (Lipinski definition) is 2. The zero-order valence-electron chi connectivity index (χ0n) is 10.3.